The summed E-state index contributed by atoms with van der Waals surface area (Å²) < 4.78 is 32.9. The van der Waals surface area contributed by atoms with Crippen molar-refractivity contribution in [2.24, 2.45) is 10.8 Å². The van der Waals surface area contributed by atoms with Gasteiger partial charge < -0.3 is 4.65 Å². The highest BCUT2D eigenvalue weighted by Crippen LogP contribution is 2.67. The van der Waals surface area contributed by atoms with Gasteiger partial charge in [-0.05, 0) is 44.8 Å². The van der Waals surface area contributed by atoms with E-state index in [1.54, 1.807) is 0 Å². The van der Waals surface area contributed by atoms with Crippen LogP contribution in [0, 0.1) is 10.8 Å². The van der Waals surface area contributed by atoms with E-state index in [0.717, 1.165) is 12.7 Å². The van der Waals surface area contributed by atoms with E-state index in [4.69, 9.17) is 4.65 Å². The summed E-state index contributed by atoms with van der Waals surface area (Å²) in [5.74, 6) is -2.41. The average Bonchev–Trinajstić information content (AvgIpc) is 2.69. The highest BCUT2D eigenvalue weighted by molar-refractivity contribution is 6.61. The van der Waals surface area contributed by atoms with E-state index in [1.165, 1.54) is 5.47 Å². The number of hydrogen-bond acceptors (Lipinski definition) is 1. The standard InChI is InChI=1S/C15H23BF2O/c1-12(2)10-16(19-13(12,3)4)11-5-7-14(8-6-11)9-15(14,17)18/h5H,6-10H2,1-4H3. The van der Waals surface area contributed by atoms with Crippen LogP contribution in [0.2, 0.25) is 6.32 Å². The van der Waals surface area contributed by atoms with Gasteiger partial charge in [-0.25, -0.2) is 8.78 Å². The molecule has 0 aromatic heterocycles. The highest BCUT2D eigenvalue weighted by Gasteiger charge is 2.70. The van der Waals surface area contributed by atoms with Crippen LogP contribution in [0.3, 0.4) is 0 Å². The van der Waals surface area contributed by atoms with Gasteiger partial charge in [-0.15, -0.1) is 0 Å². The van der Waals surface area contributed by atoms with Crippen LogP contribution in [0.15, 0.2) is 11.5 Å². The normalized spacial score (nSPS) is 38.4. The summed E-state index contributed by atoms with van der Waals surface area (Å²) in [4.78, 5) is 0. The zero-order chi connectivity index (χ0) is 14.1. The zero-order valence-corrected chi connectivity index (χ0v) is 12.4. The second-order valence-electron chi connectivity index (χ2n) is 7.85. The lowest BCUT2D eigenvalue weighted by atomic mass is 9.51. The predicted octanol–water partition coefficient (Wildman–Crippen LogP) is 4.49. The third kappa shape index (κ3) is 1.90. The Hall–Kier alpha value is -0.375. The molecule has 3 rings (SSSR count). The molecule has 0 amide bonds. The quantitative estimate of drug-likeness (QED) is 0.637. The average molecular weight is 268 g/mol. The smallest absolute Gasteiger partial charge is 0.323 e. The Morgan fingerprint density at radius 2 is 1.84 bits per heavy atom. The summed E-state index contributed by atoms with van der Waals surface area (Å²) in [7, 11) is 0. The van der Waals surface area contributed by atoms with E-state index < -0.39 is 11.3 Å². The molecule has 1 spiro atoms. The van der Waals surface area contributed by atoms with Gasteiger partial charge in [0.2, 0.25) is 0 Å². The molecule has 3 aliphatic rings. The molecule has 2 aliphatic carbocycles. The van der Waals surface area contributed by atoms with Crippen molar-refractivity contribution in [3.8, 4) is 0 Å². The maximum absolute atomic E-state index is 13.4. The molecule has 0 aromatic rings. The molecule has 1 saturated carbocycles. The third-order valence-electron chi connectivity index (χ3n) is 6.03. The van der Waals surface area contributed by atoms with Crippen molar-refractivity contribution < 1.29 is 13.4 Å². The number of alkyl halides is 2. The van der Waals surface area contributed by atoms with Crippen molar-refractivity contribution in [2.75, 3.05) is 0 Å². The first-order valence-electron chi connectivity index (χ1n) is 7.33. The van der Waals surface area contributed by atoms with E-state index in [9.17, 15) is 8.78 Å². The van der Waals surface area contributed by atoms with Gasteiger partial charge in [0.25, 0.3) is 5.92 Å². The van der Waals surface area contributed by atoms with Gasteiger partial charge in [-0.1, -0.05) is 25.4 Å². The molecular formula is C15H23BF2O. The first-order chi connectivity index (χ1) is 8.59. The first kappa shape index (κ1) is 13.6. The van der Waals surface area contributed by atoms with Crippen LogP contribution in [0.5, 0.6) is 0 Å². The Kier molecular flexibility index (Phi) is 2.60. The summed E-state index contributed by atoms with van der Waals surface area (Å²) in [6.07, 6.45) is 5.09. The fourth-order valence-corrected chi connectivity index (χ4v) is 3.55. The number of halogens is 2. The number of rotatable bonds is 1. The molecule has 0 aromatic carbocycles. The lowest BCUT2D eigenvalue weighted by Crippen LogP contribution is -2.34. The Bertz CT molecular complexity index is 425. The Morgan fingerprint density at radius 1 is 1.21 bits per heavy atom. The SMILES string of the molecule is CC1(C)CB(C2=CCC3(CC2)CC3(F)F)OC1(C)C. The Morgan fingerprint density at radius 3 is 2.21 bits per heavy atom. The summed E-state index contributed by atoms with van der Waals surface area (Å²) in [5.41, 5.74) is 0.557. The van der Waals surface area contributed by atoms with Crippen molar-refractivity contribution in [2.45, 2.75) is 71.2 Å². The molecule has 0 bridgehead atoms. The molecule has 0 radical (unpaired) electrons. The van der Waals surface area contributed by atoms with Gasteiger partial charge in [0, 0.05) is 11.8 Å². The van der Waals surface area contributed by atoms with Crippen LogP contribution < -0.4 is 0 Å². The number of hydrogen-bond donors (Lipinski definition) is 0. The minimum Gasteiger partial charge on any atom is -0.426 e. The van der Waals surface area contributed by atoms with E-state index in [1.807, 2.05) is 6.08 Å². The molecule has 106 valence electrons. The van der Waals surface area contributed by atoms with Crippen molar-refractivity contribution >= 4 is 6.92 Å². The van der Waals surface area contributed by atoms with Gasteiger partial charge in [-0.2, -0.15) is 0 Å². The molecule has 1 unspecified atom stereocenters. The second kappa shape index (κ2) is 3.63. The lowest BCUT2D eigenvalue weighted by Gasteiger charge is -2.34. The van der Waals surface area contributed by atoms with Gasteiger partial charge in [-0.3, -0.25) is 0 Å². The maximum atomic E-state index is 13.4. The van der Waals surface area contributed by atoms with Crippen molar-refractivity contribution in [1.82, 2.24) is 0 Å². The molecule has 1 heterocycles. The first-order valence-corrected chi connectivity index (χ1v) is 7.33. The van der Waals surface area contributed by atoms with Gasteiger partial charge >= 0.3 is 6.92 Å². The topological polar surface area (TPSA) is 9.23 Å². The van der Waals surface area contributed by atoms with Crippen LogP contribution in [0.1, 0.15) is 53.4 Å². The Balaban J connectivity index is 1.72. The van der Waals surface area contributed by atoms with Crippen LogP contribution >= 0.6 is 0 Å². The summed E-state index contributed by atoms with van der Waals surface area (Å²) in [6.45, 7) is 8.86. The minimum atomic E-state index is -2.41. The van der Waals surface area contributed by atoms with Crippen LogP contribution in [-0.2, 0) is 4.65 Å². The molecule has 2 fully saturated rings. The molecule has 19 heavy (non-hydrogen) atoms. The van der Waals surface area contributed by atoms with Crippen molar-refractivity contribution in [1.29, 1.82) is 0 Å². The molecule has 0 N–H and O–H groups in total. The lowest BCUT2D eigenvalue weighted by molar-refractivity contribution is 0.0365. The molecule has 4 heteroatoms. The largest absolute Gasteiger partial charge is 0.426 e. The third-order valence-corrected chi connectivity index (χ3v) is 6.03. The van der Waals surface area contributed by atoms with Crippen LogP contribution in [0.25, 0.3) is 0 Å². The maximum Gasteiger partial charge on any atom is 0.323 e. The molecule has 1 aliphatic heterocycles. The van der Waals surface area contributed by atoms with E-state index >= 15 is 0 Å². The monoisotopic (exact) mass is 268 g/mol. The molecule has 1 nitrogen and oxygen atoms in total. The van der Waals surface area contributed by atoms with Gasteiger partial charge in [0.1, 0.15) is 0 Å². The summed E-state index contributed by atoms with van der Waals surface area (Å²) >= 11 is 0. The highest BCUT2D eigenvalue weighted by atomic mass is 19.3. The zero-order valence-electron chi connectivity index (χ0n) is 12.4. The summed E-state index contributed by atoms with van der Waals surface area (Å²) in [6, 6.07) is 0. The molecule has 1 atom stereocenters. The minimum absolute atomic E-state index is 0.0896. The van der Waals surface area contributed by atoms with Gasteiger partial charge in [0.15, 0.2) is 0 Å². The fourth-order valence-electron chi connectivity index (χ4n) is 3.55. The summed E-state index contributed by atoms with van der Waals surface area (Å²) in [5, 5.41) is 0. The fraction of sp³-hybridized carbons (Fsp3) is 0.867. The van der Waals surface area contributed by atoms with Crippen molar-refractivity contribution in [3.63, 3.8) is 0 Å². The van der Waals surface area contributed by atoms with Crippen molar-refractivity contribution in [3.05, 3.63) is 11.5 Å². The Labute approximate surface area is 114 Å². The molecular weight excluding hydrogens is 245 g/mol. The van der Waals surface area contributed by atoms with Gasteiger partial charge in [0.05, 0.1) is 5.60 Å². The predicted molar refractivity (Wildman–Crippen MR) is 73.4 cm³/mol. The second-order valence-corrected chi connectivity index (χ2v) is 7.85. The molecule has 1 saturated heterocycles. The van der Waals surface area contributed by atoms with E-state index in [2.05, 4.69) is 27.7 Å². The van der Waals surface area contributed by atoms with Crippen LogP contribution in [-0.4, -0.2) is 18.4 Å². The van der Waals surface area contributed by atoms with E-state index in [0.29, 0.717) is 12.8 Å². The van der Waals surface area contributed by atoms with Crippen LogP contribution in [0.4, 0.5) is 8.78 Å². The number of allylic oxidation sites excluding steroid dienone is 2. The van der Waals surface area contributed by atoms with E-state index in [-0.39, 0.29) is 24.4 Å².